The normalized spacial score (nSPS) is 11.7. The van der Waals surface area contributed by atoms with Gasteiger partial charge in [-0.05, 0) is 77.5 Å². The highest BCUT2D eigenvalue weighted by Gasteiger charge is 2.20. The van der Waals surface area contributed by atoms with Crippen molar-refractivity contribution in [1.82, 2.24) is 4.57 Å². The third-order valence-electron chi connectivity index (χ3n) is 8.56. The van der Waals surface area contributed by atoms with E-state index in [-0.39, 0.29) is 0 Å². The maximum absolute atomic E-state index is 6.27. The van der Waals surface area contributed by atoms with Crippen LogP contribution in [-0.2, 0) is 0 Å². The molecular weight excluding hydrogens is 524 g/mol. The van der Waals surface area contributed by atoms with Crippen molar-refractivity contribution in [3.8, 4) is 5.69 Å². The minimum absolute atomic E-state index is 0.883. The Morgan fingerprint density at radius 3 is 1.95 bits per heavy atom. The number of furan rings is 1. The molecule has 2 heterocycles. The molecule has 0 atom stereocenters. The van der Waals surface area contributed by atoms with Crippen LogP contribution in [0.1, 0.15) is 0 Å². The number of benzene rings is 7. The summed E-state index contributed by atoms with van der Waals surface area (Å²) in [5.74, 6) is 0. The summed E-state index contributed by atoms with van der Waals surface area (Å²) in [6.07, 6.45) is 0. The van der Waals surface area contributed by atoms with Gasteiger partial charge in [-0.15, -0.1) is 0 Å². The van der Waals surface area contributed by atoms with E-state index in [4.69, 9.17) is 4.42 Å². The summed E-state index contributed by atoms with van der Waals surface area (Å²) in [6.45, 7) is 0. The molecule has 2 aromatic heterocycles. The molecule has 0 bridgehead atoms. The summed E-state index contributed by atoms with van der Waals surface area (Å²) in [6, 6.07) is 55.9. The van der Waals surface area contributed by atoms with Crippen molar-refractivity contribution in [2.45, 2.75) is 0 Å². The van der Waals surface area contributed by atoms with E-state index >= 15 is 0 Å². The fourth-order valence-corrected chi connectivity index (χ4v) is 6.71. The first-order valence-electron chi connectivity index (χ1n) is 14.6. The number of rotatable bonds is 4. The fraction of sp³-hybridized carbons (Fsp3) is 0. The predicted molar refractivity (Wildman–Crippen MR) is 180 cm³/mol. The van der Waals surface area contributed by atoms with Crippen LogP contribution in [0.3, 0.4) is 0 Å². The van der Waals surface area contributed by atoms with Crippen LogP contribution in [0.2, 0.25) is 0 Å². The number of aromatic nitrogens is 1. The lowest BCUT2D eigenvalue weighted by Gasteiger charge is -2.26. The van der Waals surface area contributed by atoms with E-state index < -0.39 is 0 Å². The van der Waals surface area contributed by atoms with E-state index in [1.807, 2.05) is 12.1 Å². The maximum Gasteiger partial charge on any atom is 0.137 e. The number of hydrogen-bond donors (Lipinski definition) is 0. The van der Waals surface area contributed by atoms with E-state index in [1.54, 1.807) is 0 Å². The molecule has 0 aliphatic rings. The molecule has 0 N–H and O–H groups in total. The third kappa shape index (κ3) is 3.62. The van der Waals surface area contributed by atoms with Crippen LogP contribution in [0.5, 0.6) is 0 Å². The molecule has 43 heavy (non-hydrogen) atoms. The number of fused-ring (bicyclic) bond motifs is 8. The first-order chi connectivity index (χ1) is 21.3. The highest BCUT2D eigenvalue weighted by Crippen LogP contribution is 2.43. The van der Waals surface area contributed by atoms with E-state index in [0.29, 0.717) is 0 Å². The number of anilines is 3. The predicted octanol–water partition coefficient (Wildman–Crippen LogP) is 11.3. The Balaban J connectivity index is 1.26. The zero-order valence-corrected chi connectivity index (χ0v) is 23.3. The highest BCUT2D eigenvalue weighted by molar-refractivity contribution is 6.21. The van der Waals surface area contributed by atoms with E-state index in [1.165, 1.54) is 32.6 Å². The molecule has 0 radical (unpaired) electrons. The molecule has 0 fully saturated rings. The summed E-state index contributed by atoms with van der Waals surface area (Å²) in [5.41, 5.74) is 8.59. The lowest BCUT2D eigenvalue weighted by atomic mass is 10.0. The monoisotopic (exact) mass is 550 g/mol. The average Bonchev–Trinajstić information content (AvgIpc) is 3.62. The molecule has 0 unspecified atom stereocenters. The second-order valence-corrected chi connectivity index (χ2v) is 11.0. The van der Waals surface area contributed by atoms with Crippen molar-refractivity contribution in [3.05, 3.63) is 158 Å². The Morgan fingerprint density at radius 2 is 1.09 bits per heavy atom. The average molecular weight is 551 g/mol. The van der Waals surface area contributed by atoms with E-state index in [9.17, 15) is 0 Å². The van der Waals surface area contributed by atoms with Gasteiger partial charge in [0.15, 0.2) is 0 Å². The van der Waals surface area contributed by atoms with Crippen LogP contribution in [0.4, 0.5) is 17.1 Å². The standard InChI is InChI=1S/C40H26N2O/c1-2-12-28(13-3-1)41(35-18-10-20-38-40(35)33-16-7-9-19-37(33)43-38)29-22-24-30(25-23-29)42-34-17-8-6-15-32(34)39-31-14-5-4-11-27(31)21-26-36(39)42/h1-26H. The SMILES string of the molecule is c1ccc(N(c2ccc(-n3c4ccccc4c4c5ccccc5ccc43)cc2)c2cccc3oc4ccccc4c23)cc1. The van der Waals surface area contributed by atoms with Gasteiger partial charge in [0.2, 0.25) is 0 Å². The Bertz CT molecular complexity index is 2450. The largest absolute Gasteiger partial charge is 0.456 e. The smallest absolute Gasteiger partial charge is 0.137 e. The molecule has 0 amide bonds. The van der Waals surface area contributed by atoms with Gasteiger partial charge in [-0.2, -0.15) is 0 Å². The van der Waals surface area contributed by atoms with Crippen LogP contribution in [0.25, 0.3) is 60.2 Å². The molecule has 7 aromatic carbocycles. The molecule has 202 valence electrons. The zero-order valence-electron chi connectivity index (χ0n) is 23.3. The molecule has 9 rings (SSSR count). The lowest BCUT2D eigenvalue weighted by molar-refractivity contribution is 0.669. The number of hydrogen-bond acceptors (Lipinski definition) is 2. The van der Waals surface area contributed by atoms with Gasteiger partial charge in [0, 0.05) is 33.2 Å². The van der Waals surface area contributed by atoms with Gasteiger partial charge in [-0.25, -0.2) is 0 Å². The van der Waals surface area contributed by atoms with Crippen molar-refractivity contribution >= 4 is 71.6 Å². The van der Waals surface area contributed by atoms with Gasteiger partial charge >= 0.3 is 0 Å². The zero-order chi connectivity index (χ0) is 28.3. The Hall–Kier alpha value is -5.80. The van der Waals surface area contributed by atoms with Crippen molar-refractivity contribution in [1.29, 1.82) is 0 Å². The van der Waals surface area contributed by atoms with E-state index in [2.05, 4.69) is 155 Å². The van der Waals surface area contributed by atoms with Gasteiger partial charge in [0.05, 0.1) is 22.1 Å². The van der Waals surface area contributed by atoms with Crippen molar-refractivity contribution in [2.75, 3.05) is 4.90 Å². The summed E-state index contributed by atoms with van der Waals surface area (Å²) < 4.78 is 8.65. The summed E-state index contributed by atoms with van der Waals surface area (Å²) in [7, 11) is 0. The Kier molecular flexibility index (Phi) is 5.20. The van der Waals surface area contributed by atoms with Crippen LogP contribution in [0.15, 0.2) is 162 Å². The first kappa shape index (κ1) is 23.9. The highest BCUT2D eigenvalue weighted by atomic mass is 16.3. The third-order valence-corrected chi connectivity index (χ3v) is 8.56. The van der Waals surface area contributed by atoms with E-state index in [0.717, 1.165) is 44.7 Å². The van der Waals surface area contributed by atoms with Gasteiger partial charge in [-0.3, -0.25) is 0 Å². The summed E-state index contributed by atoms with van der Waals surface area (Å²) in [4.78, 5) is 2.33. The number of para-hydroxylation sites is 3. The van der Waals surface area contributed by atoms with Gasteiger partial charge < -0.3 is 13.9 Å². The second-order valence-electron chi connectivity index (χ2n) is 11.0. The Morgan fingerprint density at radius 1 is 0.419 bits per heavy atom. The lowest BCUT2D eigenvalue weighted by Crippen LogP contribution is -2.10. The van der Waals surface area contributed by atoms with Gasteiger partial charge in [0.25, 0.3) is 0 Å². The molecule has 0 aliphatic heterocycles. The minimum atomic E-state index is 0.883. The molecule has 0 aliphatic carbocycles. The van der Waals surface area contributed by atoms with Gasteiger partial charge in [-0.1, -0.05) is 91.0 Å². The molecule has 3 heteroatoms. The van der Waals surface area contributed by atoms with Crippen LogP contribution in [0, 0.1) is 0 Å². The molecule has 0 saturated carbocycles. The van der Waals surface area contributed by atoms with Crippen LogP contribution < -0.4 is 4.90 Å². The fourth-order valence-electron chi connectivity index (χ4n) is 6.71. The second kappa shape index (κ2) is 9.37. The number of nitrogens with zero attached hydrogens (tertiary/aromatic N) is 2. The molecular formula is C40H26N2O. The maximum atomic E-state index is 6.27. The molecule has 9 aromatic rings. The van der Waals surface area contributed by atoms with Crippen LogP contribution >= 0.6 is 0 Å². The van der Waals surface area contributed by atoms with Crippen LogP contribution in [-0.4, -0.2) is 4.57 Å². The van der Waals surface area contributed by atoms with Crippen molar-refractivity contribution in [3.63, 3.8) is 0 Å². The Labute approximate surface area is 248 Å². The van der Waals surface area contributed by atoms with Gasteiger partial charge in [0.1, 0.15) is 11.2 Å². The molecule has 0 spiro atoms. The first-order valence-corrected chi connectivity index (χ1v) is 14.6. The van der Waals surface area contributed by atoms with Crippen molar-refractivity contribution < 1.29 is 4.42 Å². The minimum Gasteiger partial charge on any atom is -0.456 e. The summed E-state index contributed by atoms with van der Waals surface area (Å²) >= 11 is 0. The quantitative estimate of drug-likeness (QED) is 0.217. The van der Waals surface area contributed by atoms with Crippen molar-refractivity contribution in [2.24, 2.45) is 0 Å². The summed E-state index contributed by atoms with van der Waals surface area (Å²) in [5, 5.41) is 7.32. The topological polar surface area (TPSA) is 21.3 Å². The molecule has 0 saturated heterocycles. The molecule has 3 nitrogen and oxygen atoms in total.